The van der Waals surface area contributed by atoms with E-state index in [0.29, 0.717) is 6.04 Å². The molecule has 1 aromatic carbocycles. The first-order chi connectivity index (χ1) is 9.10. The fourth-order valence-electron chi connectivity index (χ4n) is 2.09. The van der Waals surface area contributed by atoms with E-state index in [1.165, 1.54) is 11.1 Å². The summed E-state index contributed by atoms with van der Waals surface area (Å²) in [5.74, 6) is 0. The van der Waals surface area contributed by atoms with Gasteiger partial charge in [0.25, 0.3) is 0 Å². The van der Waals surface area contributed by atoms with Gasteiger partial charge < -0.3 is 5.32 Å². The molecule has 0 aliphatic heterocycles. The number of benzene rings is 1. The lowest BCUT2D eigenvalue weighted by Crippen LogP contribution is -2.11. The van der Waals surface area contributed by atoms with Crippen LogP contribution in [0.5, 0.6) is 0 Å². The SMILES string of the molecule is CCC(Nc1ccc(Br)nc1C)c1ccc(C)cc1. The molecule has 3 heteroatoms. The summed E-state index contributed by atoms with van der Waals surface area (Å²) < 4.78 is 0.874. The lowest BCUT2D eigenvalue weighted by molar-refractivity contribution is 0.747. The number of anilines is 1. The predicted molar refractivity (Wildman–Crippen MR) is 84.5 cm³/mol. The number of pyridine rings is 1. The zero-order chi connectivity index (χ0) is 13.8. The van der Waals surface area contributed by atoms with Gasteiger partial charge in [0.2, 0.25) is 0 Å². The van der Waals surface area contributed by atoms with Gasteiger partial charge >= 0.3 is 0 Å². The first-order valence-corrected chi connectivity index (χ1v) is 7.35. The smallest absolute Gasteiger partial charge is 0.106 e. The van der Waals surface area contributed by atoms with Crippen LogP contribution in [-0.2, 0) is 0 Å². The summed E-state index contributed by atoms with van der Waals surface area (Å²) >= 11 is 3.39. The molecule has 1 atom stereocenters. The highest BCUT2D eigenvalue weighted by Gasteiger charge is 2.10. The van der Waals surface area contributed by atoms with E-state index in [1.54, 1.807) is 0 Å². The average Bonchev–Trinajstić information content (AvgIpc) is 2.39. The minimum absolute atomic E-state index is 0.322. The standard InChI is InChI=1S/C16H19BrN2/c1-4-14(13-7-5-11(2)6-8-13)19-15-9-10-16(17)18-12(15)3/h5-10,14,19H,4H2,1-3H3. The number of hydrogen-bond donors (Lipinski definition) is 1. The van der Waals surface area contributed by atoms with Crippen molar-refractivity contribution >= 4 is 21.6 Å². The highest BCUT2D eigenvalue weighted by molar-refractivity contribution is 9.10. The summed E-state index contributed by atoms with van der Waals surface area (Å²) in [6.45, 7) is 6.33. The topological polar surface area (TPSA) is 24.9 Å². The predicted octanol–water partition coefficient (Wildman–Crippen LogP) is 5.02. The van der Waals surface area contributed by atoms with Gasteiger partial charge in [0, 0.05) is 0 Å². The van der Waals surface area contributed by atoms with Crippen LogP contribution in [0.2, 0.25) is 0 Å². The van der Waals surface area contributed by atoms with Crippen molar-refractivity contribution in [2.24, 2.45) is 0 Å². The number of hydrogen-bond acceptors (Lipinski definition) is 2. The quantitative estimate of drug-likeness (QED) is 0.800. The molecule has 1 aromatic heterocycles. The first-order valence-electron chi connectivity index (χ1n) is 6.56. The number of aromatic nitrogens is 1. The van der Waals surface area contributed by atoms with Crippen LogP contribution < -0.4 is 5.32 Å². The fraction of sp³-hybridized carbons (Fsp3) is 0.312. The van der Waals surface area contributed by atoms with Crippen LogP contribution in [-0.4, -0.2) is 4.98 Å². The zero-order valence-electron chi connectivity index (χ0n) is 11.6. The molecule has 2 aromatic rings. The van der Waals surface area contributed by atoms with Crippen molar-refractivity contribution in [3.8, 4) is 0 Å². The summed E-state index contributed by atoms with van der Waals surface area (Å²) in [5, 5.41) is 3.58. The molecule has 0 saturated heterocycles. The molecule has 0 radical (unpaired) electrons. The third-order valence-corrected chi connectivity index (χ3v) is 3.71. The Bertz CT molecular complexity index is 549. The number of halogens is 1. The van der Waals surface area contributed by atoms with E-state index >= 15 is 0 Å². The summed E-state index contributed by atoms with van der Waals surface area (Å²) in [4.78, 5) is 4.42. The van der Waals surface area contributed by atoms with E-state index in [0.717, 1.165) is 22.4 Å². The molecule has 0 aliphatic rings. The van der Waals surface area contributed by atoms with Gasteiger partial charge in [0.05, 0.1) is 17.4 Å². The Kier molecular flexibility index (Phi) is 4.59. The molecule has 2 rings (SSSR count). The number of aryl methyl sites for hydroxylation is 2. The molecule has 1 heterocycles. The molecule has 0 aliphatic carbocycles. The zero-order valence-corrected chi connectivity index (χ0v) is 13.2. The second kappa shape index (κ2) is 6.20. The molecule has 19 heavy (non-hydrogen) atoms. The van der Waals surface area contributed by atoms with Crippen molar-refractivity contribution in [1.82, 2.24) is 4.98 Å². The van der Waals surface area contributed by atoms with Gasteiger partial charge in [-0.3, -0.25) is 0 Å². The number of rotatable bonds is 4. The van der Waals surface area contributed by atoms with Gasteiger partial charge in [-0.15, -0.1) is 0 Å². The van der Waals surface area contributed by atoms with Gasteiger partial charge in [0.1, 0.15) is 4.60 Å². The Morgan fingerprint density at radius 1 is 1.11 bits per heavy atom. The number of nitrogens with one attached hydrogen (secondary N) is 1. The second-order valence-electron chi connectivity index (χ2n) is 4.78. The van der Waals surface area contributed by atoms with Crippen molar-refractivity contribution in [1.29, 1.82) is 0 Å². The third kappa shape index (κ3) is 3.57. The summed E-state index contributed by atoms with van der Waals surface area (Å²) in [6, 6.07) is 13.1. The third-order valence-electron chi connectivity index (χ3n) is 3.27. The molecule has 100 valence electrons. The maximum Gasteiger partial charge on any atom is 0.106 e. The summed E-state index contributed by atoms with van der Waals surface area (Å²) in [5.41, 5.74) is 4.71. The van der Waals surface area contributed by atoms with Crippen molar-refractivity contribution in [2.45, 2.75) is 33.2 Å². The molecule has 0 bridgehead atoms. The van der Waals surface area contributed by atoms with Gasteiger partial charge in [0.15, 0.2) is 0 Å². The van der Waals surface area contributed by atoms with Crippen molar-refractivity contribution in [3.05, 3.63) is 57.8 Å². The van der Waals surface area contributed by atoms with Gasteiger partial charge in [-0.05, 0) is 53.9 Å². The fourth-order valence-corrected chi connectivity index (χ4v) is 2.49. The number of nitrogens with zero attached hydrogens (tertiary/aromatic N) is 1. The molecule has 0 amide bonds. The molecule has 2 nitrogen and oxygen atoms in total. The van der Waals surface area contributed by atoms with E-state index in [1.807, 2.05) is 13.0 Å². The Hall–Kier alpha value is -1.35. The maximum atomic E-state index is 4.42. The van der Waals surface area contributed by atoms with Crippen molar-refractivity contribution < 1.29 is 0 Å². The van der Waals surface area contributed by atoms with Crippen LogP contribution in [0.3, 0.4) is 0 Å². The highest BCUT2D eigenvalue weighted by atomic mass is 79.9. The van der Waals surface area contributed by atoms with E-state index in [4.69, 9.17) is 0 Å². The molecule has 0 saturated carbocycles. The van der Waals surface area contributed by atoms with E-state index in [-0.39, 0.29) is 0 Å². The van der Waals surface area contributed by atoms with Crippen LogP contribution >= 0.6 is 15.9 Å². The lowest BCUT2D eigenvalue weighted by atomic mass is 10.0. The van der Waals surface area contributed by atoms with E-state index in [2.05, 4.69) is 70.4 Å². The van der Waals surface area contributed by atoms with Gasteiger partial charge in [-0.1, -0.05) is 36.8 Å². The van der Waals surface area contributed by atoms with Gasteiger partial charge in [-0.2, -0.15) is 0 Å². The van der Waals surface area contributed by atoms with Crippen molar-refractivity contribution in [3.63, 3.8) is 0 Å². The van der Waals surface area contributed by atoms with Gasteiger partial charge in [-0.25, -0.2) is 4.98 Å². The normalized spacial score (nSPS) is 12.2. The lowest BCUT2D eigenvalue weighted by Gasteiger charge is -2.20. The molecule has 1 unspecified atom stereocenters. The first kappa shape index (κ1) is 14.1. The van der Waals surface area contributed by atoms with Crippen LogP contribution in [0.4, 0.5) is 5.69 Å². The minimum Gasteiger partial charge on any atom is -0.377 e. The maximum absolute atomic E-state index is 4.42. The molecular weight excluding hydrogens is 300 g/mol. The molecule has 0 spiro atoms. The van der Waals surface area contributed by atoms with Crippen LogP contribution in [0.1, 0.15) is 36.2 Å². The molecule has 1 N–H and O–H groups in total. The average molecular weight is 319 g/mol. The minimum atomic E-state index is 0.322. The van der Waals surface area contributed by atoms with E-state index in [9.17, 15) is 0 Å². The summed E-state index contributed by atoms with van der Waals surface area (Å²) in [7, 11) is 0. The molecular formula is C16H19BrN2. The van der Waals surface area contributed by atoms with Crippen LogP contribution in [0.25, 0.3) is 0 Å². The second-order valence-corrected chi connectivity index (χ2v) is 5.60. The Balaban J connectivity index is 2.21. The largest absolute Gasteiger partial charge is 0.377 e. The molecule has 0 fully saturated rings. The summed E-state index contributed by atoms with van der Waals surface area (Å²) in [6.07, 6.45) is 1.04. The van der Waals surface area contributed by atoms with Crippen molar-refractivity contribution in [2.75, 3.05) is 5.32 Å². The van der Waals surface area contributed by atoms with Crippen LogP contribution in [0.15, 0.2) is 41.0 Å². The monoisotopic (exact) mass is 318 g/mol. The Morgan fingerprint density at radius 3 is 2.37 bits per heavy atom. The Labute approximate surface area is 123 Å². The van der Waals surface area contributed by atoms with Crippen LogP contribution in [0, 0.1) is 13.8 Å². The Morgan fingerprint density at radius 2 is 1.79 bits per heavy atom. The van der Waals surface area contributed by atoms with E-state index < -0.39 is 0 Å². The highest BCUT2D eigenvalue weighted by Crippen LogP contribution is 2.25.